The molecule has 2 heteroatoms. The Morgan fingerprint density at radius 2 is 2.00 bits per heavy atom. The summed E-state index contributed by atoms with van der Waals surface area (Å²) in [6.45, 7) is 2.08. The number of nitroso groups, excluding NO2 is 1. The lowest BCUT2D eigenvalue weighted by Crippen LogP contribution is -1.69. The maximum atomic E-state index is 10.1. The van der Waals surface area contributed by atoms with Crippen LogP contribution in [0.2, 0.25) is 0 Å². The van der Waals surface area contributed by atoms with Gasteiger partial charge in [-0.15, -0.1) is 4.91 Å². The molecule has 0 saturated carbocycles. The molecule has 62 valence electrons. The quantitative estimate of drug-likeness (QED) is 0.624. The summed E-state index contributed by atoms with van der Waals surface area (Å²) in [5, 5.41) is 2.82. The first-order valence-corrected chi connectivity index (χ1v) is 3.96. The van der Waals surface area contributed by atoms with Crippen molar-refractivity contribution in [2.75, 3.05) is 0 Å². The van der Waals surface area contributed by atoms with Crippen LogP contribution in [0.3, 0.4) is 0 Å². The van der Waals surface area contributed by atoms with Crippen molar-refractivity contribution >= 4 is 11.8 Å². The Hall–Kier alpha value is -1.44. The van der Waals surface area contributed by atoms with E-state index in [1.54, 1.807) is 12.1 Å². The Morgan fingerprint density at radius 1 is 1.33 bits per heavy atom. The van der Waals surface area contributed by atoms with Crippen molar-refractivity contribution in [2.24, 2.45) is 5.18 Å². The molecule has 1 aromatic carbocycles. The lowest BCUT2D eigenvalue weighted by atomic mass is 10.2. The zero-order valence-corrected chi connectivity index (χ0v) is 7.03. The van der Waals surface area contributed by atoms with E-state index in [2.05, 4.69) is 18.2 Å². The highest BCUT2D eigenvalue weighted by atomic mass is 16.3. The summed E-state index contributed by atoms with van der Waals surface area (Å²) in [4.78, 5) is 10.1. The molecule has 0 aliphatic heterocycles. The van der Waals surface area contributed by atoms with Gasteiger partial charge in [0, 0.05) is 0 Å². The maximum Gasteiger partial charge on any atom is 0.108 e. The number of rotatable bonds is 3. The smallest absolute Gasteiger partial charge is 0.108 e. The molecular weight excluding hydrogens is 150 g/mol. The second-order valence-electron chi connectivity index (χ2n) is 2.49. The third-order valence-corrected chi connectivity index (χ3v) is 1.54. The molecule has 0 aromatic heterocycles. The minimum absolute atomic E-state index is 0.476. The van der Waals surface area contributed by atoms with E-state index >= 15 is 0 Å². The van der Waals surface area contributed by atoms with Gasteiger partial charge in [0.2, 0.25) is 0 Å². The Labute approximate surface area is 71.9 Å². The predicted octanol–water partition coefficient (Wildman–Crippen LogP) is 3.51. The number of hydrogen-bond acceptors (Lipinski definition) is 2. The standard InChI is InChI=1S/C10H11NO/c1-2-3-4-9-5-7-10(11-12)8-6-9/h3-8H,2H2,1H3/b4-3+. The summed E-state index contributed by atoms with van der Waals surface area (Å²) in [6.07, 6.45) is 5.12. The normalized spacial score (nSPS) is 10.4. The molecule has 0 atom stereocenters. The number of allylic oxidation sites excluding steroid dienone is 1. The fourth-order valence-corrected chi connectivity index (χ4v) is 0.900. The Bertz CT molecular complexity index is 274. The lowest BCUT2D eigenvalue weighted by Gasteiger charge is -1.91. The predicted molar refractivity (Wildman–Crippen MR) is 51.2 cm³/mol. The third kappa shape index (κ3) is 2.31. The van der Waals surface area contributed by atoms with Crippen molar-refractivity contribution in [2.45, 2.75) is 13.3 Å². The van der Waals surface area contributed by atoms with Crippen molar-refractivity contribution in [1.82, 2.24) is 0 Å². The molecule has 0 N–H and O–H groups in total. The first-order chi connectivity index (χ1) is 5.86. The molecule has 1 rings (SSSR count). The van der Waals surface area contributed by atoms with Crippen LogP contribution >= 0.6 is 0 Å². The van der Waals surface area contributed by atoms with Crippen LogP contribution in [0.4, 0.5) is 5.69 Å². The maximum absolute atomic E-state index is 10.1. The van der Waals surface area contributed by atoms with Crippen LogP contribution in [0.1, 0.15) is 18.9 Å². The zero-order chi connectivity index (χ0) is 8.81. The highest BCUT2D eigenvalue weighted by Gasteiger charge is 1.88. The van der Waals surface area contributed by atoms with Gasteiger partial charge < -0.3 is 0 Å². The number of benzene rings is 1. The molecular formula is C10H11NO. The van der Waals surface area contributed by atoms with Gasteiger partial charge in [0.25, 0.3) is 0 Å². The molecule has 0 aliphatic carbocycles. The fourth-order valence-electron chi connectivity index (χ4n) is 0.900. The Balaban J connectivity index is 2.77. The molecule has 0 spiro atoms. The second kappa shape index (κ2) is 4.44. The topological polar surface area (TPSA) is 29.4 Å². The van der Waals surface area contributed by atoms with Crippen LogP contribution in [0.15, 0.2) is 35.5 Å². The van der Waals surface area contributed by atoms with Crippen LogP contribution in [0, 0.1) is 4.91 Å². The molecule has 1 aromatic rings. The highest BCUT2D eigenvalue weighted by Crippen LogP contribution is 2.13. The van der Waals surface area contributed by atoms with Gasteiger partial charge in [-0.05, 0) is 29.3 Å². The van der Waals surface area contributed by atoms with E-state index in [1.165, 1.54) is 0 Å². The summed E-state index contributed by atoms with van der Waals surface area (Å²) in [7, 11) is 0. The van der Waals surface area contributed by atoms with Crippen molar-refractivity contribution in [1.29, 1.82) is 0 Å². The number of hydrogen-bond donors (Lipinski definition) is 0. The average Bonchev–Trinajstić information content (AvgIpc) is 2.15. The zero-order valence-electron chi connectivity index (χ0n) is 7.03. The molecule has 0 unspecified atom stereocenters. The first-order valence-electron chi connectivity index (χ1n) is 3.96. The SMILES string of the molecule is CC/C=C/c1ccc(N=O)cc1. The van der Waals surface area contributed by atoms with Crippen LogP contribution in [0.25, 0.3) is 6.08 Å². The third-order valence-electron chi connectivity index (χ3n) is 1.54. The van der Waals surface area contributed by atoms with Crippen LogP contribution < -0.4 is 0 Å². The molecule has 0 heterocycles. The van der Waals surface area contributed by atoms with E-state index in [0.29, 0.717) is 5.69 Å². The van der Waals surface area contributed by atoms with E-state index in [9.17, 15) is 4.91 Å². The van der Waals surface area contributed by atoms with Gasteiger partial charge in [-0.25, -0.2) is 0 Å². The van der Waals surface area contributed by atoms with E-state index in [1.807, 2.05) is 18.2 Å². The van der Waals surface area contributed by atoms with E-state index in [4.69, 9.17) is 0 Å². The summed E-state index contributed by atoms with van der Waals surface area (Å²) in [6, 6.07) is 7.18. The summed E-state index contributed by atoms with van der Waals surface area (Å²) in [5.74, 6) is 0. The van der Waals surface area contributed by atoms with Crippen LogP contribution in [-0.4, -0.2) is 0 Å². The molecule has 0 saturated heterocycles. The van der Waals surface area contributed by atoms with Gasteiger partial charge >= 0.3 is 0 Å². The lowest BCUT2D eigenvalue weighted by molar-refractivity contribution is 1.23. The molecule has 0 bridgehead atoms. The van der Waals surface area contributed by atoms with Crippen LogP contribution in [-0.2, 0) is 0 Å². The molecule has 0 amide bonds. The van der Waals surface area contributed by atoms with Gasteiger partial charge in [-0.1, -0.05) is 31.2 Å². The van der Waals surface area contributed by atoms with Gasteiger partial charge in [-0.2, -0.15) is 0 Å². The van der Waals surface area contributed by atoms with Crippen molar-refractivity contribution in [3.8, 4) is 0 Å². The summed E-state index contributed by atoms with van der Waals surface area (Å²) in [5.41, 5.74) is 1.58. The van der Waals surface area contributed by atoms with E-state index in [-0.39, 0.29) is 0 Å². The van der Waals surface area contributed by atoms with Crippen molar-refractivity contribution in [3.05, 3.63) is 40.8 Å². The fraction of sp³-hybridized carbons (Fsp3) is 0.200. The van der Waals surface area contributed by atoms with Gasteiger partial charge in [0.15, 0.2) is 0 Å². The van der Waals surface area contributed by atoms with Crippen molar-refractivity contribution in [3.63, 3.8) is 0 Å². The monoisotopic (exact) mass is 161 g/mol. The summed E-state index contributed by atoms with van der Waals surface area (Å²) < 4.78 is 0. The molecule has 0 radical (unpaired) electrons. The van der Waals surface area contributed by atoms with Gasteiger partial charge in [-0.3, -0.25) is 0 Å². The molecule has 2 nitrogen and oxygen atoms in total. The summed E-state index contributed by atoms with van der Waals surface area (Å²) >= 11 is 0. The second-order valence-corrected chi connectivity index (χ2v) is 2.49. The first kappa shape index (κ1) is 8.65. The molecule has 12 heavy (non-hydrogen) atoms. The Kier molecular flexibility index (Phi) is 3.20. The number of nitrogens with zero attached hydrogens (tertiary/aromatic N) is 1. The van der Waals surface area contributed by atoms with E-state index in [0.717, 1.165) is 12.0 Å². The Morgan fingerprint density at radius 3 is 2.50 bits per heavy atom. The van der Waals surface area contributed by atoms with E-state index < -0.39 is 0 Å². The minimum atomic E-state index is 0.476. The van der Waals surface area contributed by atoms with Crippen LogP contribution in [0.5, 0.6) is 0 Å². The molecule has 0 aliphatic rings. The average molecular weight is 161 g/mol. The molecule has 0 fully saturated rings. The van der Waals surface area contributed by atoms with Gasteiger partial charge in [0.1, 0.15) is 5.69 Å². The van der Waals surface area contributed by atoms with Gasteiger partial charge in [0.05, 0.1) is 0 Å². The largest absolute Gasteiger partial charge is 0.145 e. The highest BCUT2D eigenvalue weighted by molar-refractivity contribution is 5.52. The van der Waals surface area contributed by atoms with Crippen molar-refractivity contribution < 1.29 is 0 Å². The minimum Gasteiger partial charge on any atom is -0.145 e.